The lowest BCUT2D eigenvalue weighted by atomic mass is 9.82. The molecule has 0 fully saturated rings. The zero-order valence-corrected chi connectivity index (χ0v) is 31.9. The molecule has 2 heterocycles. The Bertz CT molecular complexity index is 3170. The summed E-state index contributed by atoms with van der Waals surface area (Å²) in [5.74, 6) is 0.720. The number of benzene rings is 8. The van der Waals surface area contributed by atoms with Gasteiger partial charge in [-0.05, 0) is 73.5 Å². The average molecular weight is 733 g/mol. The maximum Gasteiger partial charge on any atom is 0.160 e. The maximum atomic E-state index is 5.28. The average Bonchev–Trinajstić information content (AvgIpc) is 3.75. The summed E-state index contributed by atoms with van der Waals surface area (Å²) in [5.41, 5.74) is 15.4. The molecule has 0 aliphatic heterocycles. The van der Waals surface area contributed by atoms with Gasteiger partial charge in [-0.2, -0.15) is 0 Å². The first kappa shape index (κ1) is 32.7. The van der Waals surface area contributed by atoms with Crippen molar-refractivity contribution < 1.29 is 0 Å². The monoisotopic (exact) mass is 732 g/mol. The van der Waals surface area contributed by atoms with Crippen LogP contribution in [0.25, 0.3) is 98.2 Å². The Morgan fingerprint density at radius 2 is 0.946 bits per heavy atom. The third-order valence-electron chi connectivity index (χ3n) is 11.7. The molecular weight excluding hydrogens is 697 g/mol. The number of rotatable bonds is 5. The minimum Gasteiger partial charge on any atom is -0.228 e. The Balaban J connectivity index is 1.07. The molecule has 3 heteroatoms. The molecule has 0 radical (unpaired) electrons. The molecule has 56 heavy (non-hydrogen) atoms. The van der Waals surface area contributed by atoms with Crippen LogP contribution in [0.5, 0.6) is 0 Å². The van der Waals surface area contributed by atoms with Crippen molar-refractivity contribution in [1.82, 2.24) is 9.97 Å². The van der Waals surface area contributed by atoms with Crippen LogP contribution in [0, 0.1) is 0 Å². The number of hydrogen-bond acceptors (Lipinski definition) is 3. The van der Waals surface area contributed by atoms with E-state index in [1.165, 1.54) is 70.1 Å². The first-order chi connectivity index (χ1) is 27.5. The highest BCUT2D eigenvalue weighted by molar-refractivity contribution is 7.26. The van der Waals surface area contributed by atoms with Crippen molar-refractivity contribution in [1.29, 1.82) is 0 Å². The molecule has 0 amide bonds. The van der Waals surface area contributed by atoms with E-state index in [1.807, 2.05) is 17.4 Å². The fourth-order valence-corrected chi connectivity index (χ4v) is 10.2. The van der Waals surface area contributed by atoms with E-state index in [-0.39, 0.29) is 5.41 Å². The Hall–Kier alpha value is -6.68. The molecule has 0 saturated heterocycles. The van der Waals surface area contributed by atoms with Crippen LogP contribution in [0.4, 0.5) is 0 Å². The topological polar surface area (TPSA) is 25.8 Å². The van der Waals surface area contributed by atoms with Crippen molar-refractivity contribution in [3.8, 4) is 67.3 Å². The van der Waals surface area contributed by atoms with E-state index in [0.717, 1.165) is 39.3 Å². The van der Waals surface area contributed by atoms with Crippen LogP contribution in [-0.4, -0.2) is 9.97 Å². The zero-order valence-electron chi connectivity index (χ0n) is 31.1. The molecule has 0 unspecified atom stereocenters. The van der Waals surface area contributed by atoms with E-state index < -0.39 is 0 Å². The Morgan fingerprint density at radius 1 is 0.393 bits per heavy atom. The second kappa shape index (κ2) is 12.7. The first-order valence-corrected chi connectivity index (χ1v) is 20.1. The molecule has 0 bridgehead atoms. The summed E-state index contributed by atoms with van der Waals surface area (Å²) in [7, 11) is 0. The third kappa shape index (κ3) is 5.08. The number of aromatic nitrogens is 2. The van der Waals surface area contributed by atoms with Crippen LogP contribution < -0.4 is 0 Å². The number of fused-ring (bicyclic) bond motifs is 7. The normalized spacial score (nSPS) is 13.0. The SMILES string of the molecule is CC1(C)c2ccccc2-c2c(-c3cccc(-c4ccc(-c5cc(-c6cccc7c6sc6ccccc67)nc(-c6ccccc6)n5)c5ccccc45)c3)cccc21. The molecule has 264 valence electrons. The summed E-state index contributed by atoms with van der Waals surface area (Å²) in [5, 5.41) is 4.90. The van der Waals surface area contributed by atoms with Crippen LogP contribution in [0.15, 0.2) is 182 Å². The molecule has 1 aliphatic rings. The molecular formula is C53H36N2S. The minimum absolute atomic E-state index is 0.0444. The van der Waals surface area contributed by atoms with Crippen molar-refractivity contribution in [2.45, 2.75) is 19.3 Å². The number of hydrogen-bond donors (Lipinski definition) is 0. The predicted molar refractivity (Wildman–Crippen MR) is 237 cm³/mol. The maximum absolute atomic E-state index is 5.28. The summed E-state index contributed by atoms with van der Waals surface area (Å²) in [6.07, 6.45) is 0. The number of nitrogens with zero attached hydrogens (tertiary/aromatic N) is 2. The van der Waals surface area contributed by atoms with Gasteiger partial charge in [0.15, 0.2) is 5.82 Å². The van der Waals surface area contributed by atoms with Gasteiger partial charge in [0.05, 0.1) is 11.4 Å². The first-order valence-electron chi connectivity index (χ1n) is 19.2. The standard InChI is InChI=1S/C53H36N2S/c1-53(2)45-26-10-8-22-43(45)50-37(23-14-27-46(50)53)35-18-12-17-34(31-35)36-29-30-40(39-20-7-6-19-38(36)39)47-32-48(55-52(54-47)33-15-4-3-5-16-33)44-25-13-24-42-41-21-9-11-28-49(41)56-51(42)44/h3-32H,1-2H3. The number of thiophene rings is 1. The van der Waals surface area contributed by atoms with E-state index in [2.05, 4.69) is 190 Å². The smallest absolute Gasteiger partial charge is 0.160 e. The van der Waals surface area contributed by atoms with Gasteiger partial charge >= 0.3 is 0 Å². The van der Waals surface area contributed by atoms with Gasteiger partial charge in [0.1, 0.15) is 0 Å². The fraction of sp³-hybridized carbons (Fsp3) is 0.0566. The molecule has 1 aliphatic carbocycles. The van der Waals surface area contributed by atoms with Gasteiger partial charge in [0.25, 0.3) is 0 Å². The second-order valence-electron chi connectivity index (χ2n) is 15.3. The summed E-state index contributed by atoms with van der Waals surface area (Å²) in [6.45, 7) is 4.69. The van der Waals surface area contributed by atoms with Crippen molar-refractivity contribution in [3.63, 3.8) is 0 Å². The van der Waals surface area contributed by atoms with E-state index in [9.17, 15) is 0 Å². The lowest BCUT2D eigenvalue weighted by Crippen LogP contribution is -2.14. The third-order valence-corrected chi connectivity index (χ3v) is 13.0. The van der Waals surface area contributed by atoms with E-state index >= 15 is 0 Å². The fourth-order valence-electron chi connectivity index (χ4n) is 9.01. The van der Waals surface area contributed by atoms with Gasteiger partial charge in [0, 0.05) is 42.3 Å². The molecule has 0 N–H and O–H groups in total. The molecule has 0 atom stereocenters. The highest BCUT2D eigenvalue weighted by Crippen LogP contribution is 2.52. The largest absolute Gasteiger partial charge is 0.228 e. The molecule has 10 aromatic rings. The molecule has 0 spiro atoms. The van der Waals surface area contributed by atoms with Crippen LogP contribution in [-0.2, 0) is 5.41 Å². The van der Waals surface area contributed by atoms with Crippen LogP contribution in [0.2, 0.25) is 0 Å². The van der Waals surface area contributed by atoms with Crippen molar-refractivity contribution in [2.24, 2.45) is 0 Å². The van der Waals surface area contributed by atoms with Crippen LogP contribution in [0.1, 0.15) is 25.0 Å². The lowest BCUT2D eigenvalue weighted by molar-refractivity contribution is 0.660. The van der Waals surface area contributed by atoms with Crippen LogP contribution in [0.3, 0.4) is 0 Å². The zero-order chi connectivity index (χ0) is 37.4. The molecule has 0 saturated carbocycles. The molecule has 2 aromatic heterocycles. The highest BCUT2D eigenvalue weighted by Gasteiger charge is 2.36. The van der Waals surface area contributed by atoms with Gasteiger partial charge in [-0.15, -0.1) is 11.3 Å². The second-order valence-corrected chi connectivity index (χ2v) is 16.3. The lowest BCUT2D eigenvalue weighted by Gasteiger charge is -2.21. The minimum atomic E-state index is -0.0444. The highest BCUT2D eigenvalue weighted by atomic mass is 32.1. The van der Waals surface area contributed by atoms with Gasteiger partial charge in [-0.1, -0.05) is 178 Å². The quantitative estimate of drug-likeness (QED) is 0.176. The Morgan fingerprint density at radius 3 is 1.79 bits per heavy atom. The Kier molecular flexibility index (Phi) is 7.42. The van der Waals surface area contributed by atoms with E-state index in [0.29, 0.717) is 0 Å². The van der Waals surface area contributed by atoms with Gasteiger partial charge in [0.2, 0.25) is 0 Å². The van der Waals surface area contributed by atoms with E-state index in [1.54, 1.807) is 0 Å². The Labute approximate surface area is 330 Å². The summed E-state index contributed by atoms with van der Waals surface area (Å²) in [4.78, 5) is 10.5. The summed E-state index contributed by atoms with van der Waals surface area (Å²) >= 11 is 1.83. The van der Waals surface area contributed by atoms with E-state index in [4.69, 9.17) is 9.97 Å². The van der Waals surface area contributed by atoms with Crippen molar-refractivity contribution in [3.05, 3.63) is 193 Å². The van der Waals surface area contributed by atoms with Crippen molar-refractivity contribution >= 4 is 42.3 Å². The molecule has 11 rings (SSSR count). The van der Waals surface area contributed by atoms with Gasteiger partial charge < -0.3 is 0 Å². The molecule has 2 nitrogen and oxygen atoms in total. The predicted octanol–water partition coefficient (Wildman–Crippen LogP) is 14.6. The summed E-state index contributed by atoms with van der Waals surface area (Å²) < 4.78 is 2.53. The van der Waals surface area contributed by atoms with Crippen molar-refractivity contribution in [2.75, 3.05) is 0 Å². The van der Waals surface area contributed by atoms with Gasteiger partial charge in [-0.3, -0.25) is 0 Å². The molecule has 8 aromatic carbocycles. The summed E-state index contributed by atoms with van der Waals surface area (Å²) in [6, 6.07) is 65.9. The van der Waals surface area contributed by atoms with Gasteiger partial charge in [-0.25, -0.2) is 9.97 Å². The van der Waals surface area contributed by atoms with Crippen LogP contribution >= 0.6 is 11.3 Å².